The number of nitrogens with two attached hydrogens (primary N) is 1. The Morgan fingerprint density at radius 1 is 1.16 bits per heavy atom. The Bertz CT molecular complexity index is 1550. The number of pyridine rings is 1. The van der Waals surface area contributed by atoms with Crippen LogP contribution in [0.15, 0.2) is 53.6 Å². The van der Waals surface area contributed by atoms with E-state index in [1.165, 1.54) is 24.3 Å². The lowest BCUT2D eigenvalue weighted by Gasteiger charge is -2.09. The number of aryl methyl sites for hydroxylation is 2. The molecule has 0 bridgehead atoms. The molecule has 0 spiro atoms. The molecule has 0 aliphatic rings. The topological polar surface area (TPSA) is 132 Å². The predicted molar refractivity (Wildman–Crippen MR) is 115 cm³/mol. The summed E-state index contributed by atoms with van der Waals surface area (Å²) in [4.78, 5) is 17.1. The minimum Gasteiger partial charge on any atom is -0.397 e. The molecule has 2 aromatic heterocycles. The predicted octanol–water partition coefficient (Wildman–Crippen LogP) is 3.11. The van der Waals surface area contributed by atoms with Crippen LogP contribution in [0.1, 0.15) is 32.9 Å². The van der Waals surface area contributed by atoms with Gasteiger partial charge in [0.1, 0.15) is 28.8 Å². The highest BCUT2D eigenvalue weighted by atomic mass is 32.2. The Kier molecular flexibility index (Phi) is 4.99. The van der Waals surface area contributed by atoms with Crippen LogP contribution in [0, 0.1) is 31.0 Å². The molecule has 8 nitrogen and oxygen atoms in total. The number of anilines is 1. The standard InChI is InChI=1S/C22H16FN5O3S/c1-12-3-5-14(6-4-12)32(30,31)28-21-16(11-26-28)15(7-8-17(21)23)22(29)20-18(25)9-13(2)19(10-24)27-20/h3-9,11H,25H2,1-2H3. The van der Waals surface area contributed by atoms with Crippen molar-refractivity contribution in [2.45, 2.75) is 18.7 Å². The minimum atomic E-state index is -4.22. The molecule has 2 aromatic carbocycles. The molecule has 160 valence electrons. The van der Waals surface area contributed by atoms with Crippen LogP contribution in [0.4, 0.5) is 10.1 Å². The Labute approximate surface area is 182 Å². The second-order valence-electron chi connectivity index (χ2n) is 7.20. The van der Waals surface area contributed by atoms with Gasteiger partial charge in [-0.2, -0.15) is 22.9 Å². The molecular weight excluding hydrogens is 433 g/mol. The molecule has 4 aromatic rings. The normalized spacial score (nSPS) is 11.4. The number of hydrogen-bond donors (Lipinski definition) is 1. The first-order valence-electron chi connectivity index (χ1n) is 9.35. The number of halogens is 1. The summed E-state index contributed by atoms with van der Waals surface area (Å²) in [5, 5.41) is 13.1. The van der Waals surface area contributed by atoms with Crippen LogP contribution >= 0.6 is 0 Å². The van der Waals surface area contributed by atoms with Crippen LogP contribution in [0.25, 0.3) is 10.9 Å². The zero-order valence-electron chi connectivity index (χ0n) is 17.0. The van der Waals surface area contributed by atoms with Crippen LogP contribution < -0.4 is 5.73 Å². The van der Waals surface area contributed by atoms with Crippen molar-refractivity contribution in [2.24, 2.45) is 0 Å². The van der Waals surface area contributed by atoms with Gasteiger partial charge in [-0.25, -0.2) is 9.37 Å². The molecule has 0 amide bonds. The lowest BCUT2D eigenvalue weighted by atomic mass is 10.0. The second-order valence-corrected chi connectivity index (χ2v) is 8.96. The van der Waals surface area contributed by atoms with Gasteiger partial charge in [-0.15, -0.1) is 0 Å². The molecule has 0 saturated carbocycles. The zero-order chi connectivity index (χ0) is 23.2. The summed E-state index contributed by atoms with van der Waals surface area (Å²) in [6, 6.07) is 11.5. The van der Waals surface area contributed by atoms with Crippen molar-refractivity contribution in [3.63, 3.8) is 0 Å². The zero-order valence-corrected chi connectivity index (χ0v) is 17.8. The van der Waals surface area contributed by atoms with Gasteiger partial charge < -0.3 is 5.73 Å². The third-order valence-corrected chi connectivity index (χ3v) is 6.61. The molecule has 32 heavy (non-hydrogen) atoms. The quantitative estimate of drug-likeness (QED) is 0.474. The molecule has 10 heteroatoms. The number of ketones is 1. The summed E-state index contributed by atoms with van der Waals surface area (Å²) in [7, 11) is -4.22. The van der Waals surface area contributed by atoms with E-state index >= 15 is 0 Å². The van der Waals surface area contributed by atoms with Gasteiger partial charge in [0, 0.05) is 10.9 Å². The van der Waals surface area contributed by atoms with E-state index in [1.807, 2.05) is 6.07 Å². The highest BCUT2D eigenvalue weighted by molar-refractivity contribution is 7.90. The Balaban J connectivity index is 1.91. The molecule has 2 N–H and O–H groups in total. The van der Waals surface area contributed by atoms with Crippen molar-refractivity contribution in [2.75, 3.05) is 5.73 Å². The van der Waals surface area contributed by atoms with Crippen molar-refractivity contribution in [3.05, 3.63) is 82.6 Å². The van der Waals surface area contributed by atoms with Crippen LogP contribution in [-0.4, -0.2) is 28.4 Å². The fourth-order valence-corrected chi connectivity index (χ4v) is 4.60. The maximum atomic E-state index is 14.8. The summed E-state index contributed by atoms with van der Waals surface area (Å²) in [6.45, 7) is 3.44. The van der Waals surface area contributed by atoms with E-state index in [9.17, 15) is 22.9 Å². The van der Waals surface area contributed by atoms with Gasteiger partial charge in [-0.3, -0.25) is 4.79 Å². The fraction of sp³-hybridized carbons (Fsp3) is 0.0909. The van der Waals surface area contributed by atoms with Gasteiger partial charge in [-0.1, -0.05) is 17.7 Å². The number of carbonyl (C=O) groups excluding carboxylic acids is 1. The second kappa shape index (κ2) is 7.55. The SMILES string of the molecule is Cc1ccc(S(=O)(=O)n2ncc3c(C(=O)c4nc(C#N)c(C)cc4N)ccc(F)c32)cc1. The van der Waals surface area contributed by atoms with Crippen LogP contribution in [0.3, 0.4) is 0 Å². The smallest absolute Gasteiger partial charge is 0.283 e. The molecule has 0 atom stereocenters. The average molecular weight is 449 g/mol. The van der Waals surface area contributed by atoms with Crippen molar-refractivity contribution in [1.29, 1.82) is 5.26 Å². The Morgan fingerprint density at radius 2 is 1.84 bits per heavy atom. The van der Waals surface area contributed by atoms with E-state index in [-0.39, 0.29) is 38.4 Å². The monoisotopic (exact) mass is 449 g/mol. The van der Waals surface area contributed by atoms with Crippen molar-refractivity contribution >= 4 is 32.4 Å². The maximum absolute atomic E-state index is 14.8. The number of nitrogens with zero attached hydrogens (tertiary/aromatic N) is 4. The summed E-state index contributed by atoms with van der Waals surface area (Å²) in [5.41, 5.74) is 6.76. The summed E-state index contributed by atoms with van der Waals surface area (Å²) in [5.74, 6) is -1.55. The molecule has 0 fully saturated rings. The number of benzene rings is 2. The van der Waals surface area contributed by atoms with E-state index in [4.69, 9.17) is 5.73 Å². The minimum absolute atomic E-state index is 0.0223. The largest absolute Gasteiger partial charge is 0.397 e. The number of rotatable bonds is 4. The van der Waals surface area contributed by atoms with Gasteiger partial charge >= 0.3 is 0 Å². The van der Waals surface area contributed by atoms with E-state index in [0.717, 1.165) is 17.8 Å². The molecule has 4 rings (SSSR count). The molecule has 0 radical (unpaired) electrons. The molecule has 0 aliphatic heterocycles. The number of carbonyl (C=O) groups is 1. The summed E-state index contributed by atoms with van der Waals surface area (Å²) >= 11 is 0. The first-order chi connectivity index (χ1) is 15.1. The van der Waals surface area contributed by atoms with Gasteiger partial charge in [0.2, 0.25) is 5.78 Å². The van der Waals surface area contributed by atoms with E-state index in [1.54, 1.807) is 26.0 Å². The van der Waals surface area contributed by atoms with Crippen LogP contribution in [-0.2, 0) is 10.0 Å². The highest BCUT2D eigenvalue weighted by Crippen LogP contribution is 2.28. The van der Waals surface area contributed by atoms with E-state index in [0.29, 0.717) is 9.65 Å². The van der Waals surface area contributed by atoms with Crippen molar-refractivity contribution < 1.29 is 17.6 Å². The van der Waals surface area contributed by atoms with Gasteiger partial charge in [0.05, 0.1) is 16.8 Å². The van der Waals surface area contributed by atoms with Gasteiger partial charge in [-0.05, 0) is 49.7 Å². The maximum Gasteiger partial charge on any atom is 0.283 e. The molecular formula is C22H16FN5O3S. The fourth-order valence-electron chi connectivity index (χ4n) is 3.32. The lowest BCUT2D eigenvalue weighted by Crippen LogP contribution is -2.15. The van der Waals surface area contributed by atoms with Gasteiger partial charge in [0.15, 0.2) is 0 Å². The molecule has 2 heterocycles. The van der Waals surface area contributed by atoms with E-state index in [2.05, 4.69) is 10.1 Å². The number of nitriles is 1. The summed E-state index contributed by atoms with van der Waals surface area (Å²) in [6.07, 6.45) is 1.10. The van der Waals surface area contributed by atoms with Crippen molar-refractivity contribution in [1.82, 2.24) is 14.2 Å². The summed E-state index contributed by atoms with van der Waals surface area (Å²) < 4.78 is 41.5. The Hall–Kier alpha value is -4.10. The Morgan fingerprint density at radius 3 is 2.50 bits per heavy atom. The first kappa shape index (κ1) is 21.1. The number of aromatic nitrogens is 3. The first-order valence-corrected chi connectivity index (χ1v) is 10.8. The number of fused-ring (bicyclic) bond motifs is 1. The van der Waals surface area contributed by atoms with Gasteiger partial charge in [0.25, 0.3) is 10.0 Å². The lowest BCUT2D eigenvalue weighted by molar-refractivity contribution is 0.103. The molecule has 0 saturated heterocycles. The third kappa shape index (κ3) is 3.29. The average Bonchev–Trinajstić information content (AvgIpc) is 3.21. The van der Waals surface area contributed by atoms with Crippen LogP contribution in [0.5, 0.6) is 0 Å². The third-order valence-electron chi connectivity index (χ3n) is 5.01. The van der Waals surface area contributed by atoms with Crippen molar-refractivity contribution in [3.8, 4) is 6.07 Å². The van der Waals surface area contributed by atoms with Crippen LogP contribution in [0.2, 0.25) is 0 Å². The molecule has 0 unspecified atom stereocenters. The number of nitrogen functional groups attached to an aromatic ring is 1. The number of hydrogen-bond acceptors (Lipinski definition) is 7. The highest BCUT2D eigenvalue weighted by Gasteiger charge is 2.26. The molecule has 0 aliphatic carbocycles. The van der Waals surface area contributed by atoms with E-state index < -0.39 is 21.6 Å².